The van der Waals surface area contributed by atoms with Crippen LogP contribution in [0.2, 0.25) is 0 Å². The van der Waals surface area contributed by atoms with Gasteiger partial charge in [-0.15, -0.1) is 6.58 Å². The Morgan fingerprint density at radius 1 is 1.19 bits per heavy atom. The number of nitrogens with zero attached hydrogens (tertiary/aromatic N) is 2. The number of hydrogen-bond acceptors (Lipinski definition) is 9. The maximum absolute atomic E-state index is 14.3. The van der Waals surface area contributed by atoms with E-state index in [1.807, 2.05) is 12.2 Å². The number of rotatable bonds is 6. The lowest BCUT2D eigenvalue weighted by molar-refractivity contribution is -0.142. The number of amides is 4. The van der Waals surface area contributed by atoms with Gasteiger partial charge in [0.1, 0.15) is 35.2 Å². The lowest BCUT2D eigenvalue weighted by Crippen LogP contribution is -2.60. The molecule has 14 heteroatoms. The summed E-state index contributed by atoms with van der Waals surface area (Å²) in [6.45, 7) is 9.36. The third kappa shape index (κ3) is 7.96. The van der Waals surface area contributed by atoms with Gasteiger partial charge in [-0.2, -0.15) is 0 Å². The topological polar surface area (TPSA) is 173 Å². The first-order valence-electron chi connectivity index (χ1n) is 16.3. The monoisotopic (exact) mass is 671 g/mol. The van der Waals surface area contributed by atoms with E-state index >= 15 is 0 Å². The van der Waals surface area contributed by atoms with E-state index in [4.69, 9.17) is 9.47 Å². The number of sulfonamides is 1. The van der Waals surface area contributed by atoms with Gasteiger partial charge in [0.05, 0.1) is 18.4 Å². The summed E-state index contributed by atoms with van der Waals surface area (Å²) in [6.07, 6.45) is 10.1. The number of alkyl carbamates (subject to hydrolysis) is 1. The predicted octanol–water partition coefficient (Wildman–Crippen LogP) is 2.83. The molecular weight excluding hydrogens is 626 g/mol. The van der Waals surface area contributed by atoms with Gasteiger partial charge in [-0.3, -0.25) is 24.1 Å². The van der Waals surface area contributed by atoms with Crippen LogP contribution in [0.25, 0.3) is 6.08 Å². The second-order valence-electron chi connectivity index (χ2n) is 13.9. The maximum Gasteiger partial charge on any atom is 0.407 e. The van der Waals surface area contributed by atoms with Gasteiger partial charge >= 0.3 is 6.09 Å². The summed E-state index contributed by atoms with van der Waals surface area (Å²) in [4.78, 5) is 60.3. The molecule has 256 valence electrons. The quantitative estimate of drug-likeness (QED) is 0.385. The van der Waals surface area contributed by atoms with Gasteiger partial charge < -0.3 is 25.0 Å². The van der Waals surface area contributed by atoms with Crippen molar-refractivity contribution in [2.24, 2.45) is 11.3 Å². The van der Waals surface area contributed by atoms with Crippen molar-refractivity contribution < 1.29 is 37.1 Å². The molecule has 13 nitrogen and oxygen atoms in total. The molecule has 0 aromatic carbocycles. The maximum atomic E-state index is 14.3. The van der Waals surface area contributed by atoms with Gasteiger partial charge in [-0.05, 0) is 68.6 Å². The van der Waals surface area contributed by atoms with Crippen LogP contribution in [0, 0.1) is 11.3 Å². The van der Waals surface area contributed by atoms with E-state index < -0.39 is 74.1 Å². The van der Waals surface area contributed by atoms with Crippen molar-refractivity contribution in [2.45, 2.75) is 101 Å². The first kappa shape index (κ1) is 34.4. The number of aromatic nitrogens is 1. The van der Waals surface area contributed by atoms with Crippen LogP contribution in [0.3, 0.4) is 0 Å². The van der Waals surface area contributed by atoms with E-state index in [-0.39, 0.29) is 26.0 Å². The first-order valence-corrected chi connectivity index (χ1v) is 17.8. The van der Waals surface area contributed by atoms with Crippen LogP contribution >= 0.6 is 0 Å². The summed E-state index contributed by atoms with van der Waals surface area (Å²) in [5, 5.41) is 4.87. The molecule has 2 bridgehead atoms. The Balaban J connectivity index is 1.44. The fraction of sp³-hybridized carbons (Fsp3) is 0.606. The number of carbonyl (C=O) groups excluding carboxylic acids is 4. The van der Waals surface area contributed by atoms with E-state index in [2.05, 4.69) is 26.9 Å². The molecule has 3 fully saturated rings. The van der Waals surface area contributed by atoms with Gasteiger partial charge in [0.15, 0.2) is 0 Å². The van der Waals surface area contributed by atoms with E-state index in [0.717, 1.165) is 19.3 Å². The lowest BCUT2D eigenvalue weighted by Gasteiger charge is -2.35. The minimum Gasteiger partial charge on any atom is -0.486 e. The lowest BCUT2D eigenvalue weighted by atomic mass is 9.85. The molecule has 5 rings (SSSR count). The number of cyclic esters (lactones) is 1. The SMILES string of the molecule is C=C[C@@H]1C[C@]1(NC(=O)[C@@H]1C[C@@H]2CN1C(=O)[C@H](C(C)(C)C)NC(=O)OCCCCC/C=C/c1ncccc1O2)C(=O)NS(=O)(=O)C1CC1. The van der Waals surface area contributed by atoms with Crippen LogP contribution in [0.1, 0.15) is 77.8 Å². The minimum atomic E-state index is -3.87. The summed E-state index contributed by atoms with van der Waals surface area (Å²) in [6, 6.07) is 1.37. The molecule has 0 radical (unpaired) electrons. The highest BCUT2D eigenvalue weighted by Crippen LogP contribution is 2.45. The van der Waals surface area contributed by atoms with Crippen molar-refractivity contribution in [1.29, 1.82) is 0 Å². The largest absolute Gasteiger partial charge is 0.486 e. The van der Waals surface area contributed by atoms with Crippen LogP contribution in [-0.2, 0) is 29.1 Å². The van der Waals surface area contributed by atoms with E-state index in [0.29, 0.717) is 30.7 Å². The number of allylic oxidation sites excluding steroid dienone is 1. The molecule has 2 saturated carbocycles. The fourth-order valence-corrected chi connectivity index (χ4v) is 7.44. The second kappa shape index (κ2) is 13.7. The van der Waals surface area contributed by atoms with Gasteiger partial charge in [0.25, 0.3) is 5.91 Å². The Morgan fingerprint density at radius 3 is 2.64 bits per heavy atom. The normalized spacial score (nSPS) is 29.5. The molecule has 0 unspecified atom stereocenters. The van der Waals surface area contributed by atoms with E-state index in [1.165, 1.54) is 11.0 Å². The average molecular weight is 672 g/mol. The second-order valence-corrected chi connectivity index (χ2v) is 15.8. The molecule has 1 aromatic heterocycles. The Hall–Kier alpha value is -3.94. The fourth-order valence-electron chi connectivity index (χ4n) is 6.08. The van der Waals surface area contributed by atoms with Crippen molar-refractivity contribution in [3.05, 3.63) is 42.8 Å². The molecular formula is C33H45N5O8S. The molecule has 2 aliphatic heterocycles. The Labute approximate surface area is 276 Å². The summed E-state index contributed by atoms with van der Waals surface area (Å²) in [5.41, 5.74) is -1.67. The van der Waals surface area contributed by atoms with Crippen molar-refractivity contribution >= 4 is 39.9 Å². The van der Waals surface area contributed by atoms with Gasteiger partial charge in [0, 0.05) is 18.5 Å². The van der Waals surface area contributed by atoms with Crippen LogP contribution < -0.4 is 20.1 Å². The molecule has 47 heavy (non-hydrogen) atoms. The third-order valence-corrected chi connectivity index (χ3v) is 10.9. The number of nitrogens with one attached hydrogen (secondary N) is 3. The molecule has 2 aliphatic carbocycles. The average Bonchev–Trinajstić information content (AvgIpc) is 3.93. The highest BCUT2D eigenvalue weighted by molar-refractivity contribution is 7.91. The number of pyridine rings is 1. The van der Waals surface area contributed by atoms with Crippen LogP contribution in [0.5, 0.6) is 5.75 Å². The molecule has 5 atom stereocenters. The zero-order valence-electron chi connectivity index (χ0n) is 27.2. The summed E-state index contributed by atoms with van der Waals surface area (Å²) < 4.78 is 39.1. The molecule has 4 amide bonds. The molecule has 1 saturated heterocycles. The zero-order valence-corrected chi connectivity index (χ0v) is 28.0. The number of hydrogen-bond donors (Lipinski definition) is 3. The highest BCUT2D eigenvalue weighted by Gasteiger charge is 2.62. The van der Waals surface area contributed by atoms with E-state index in [1.54, 1.807) is 39.1 Å². The van der Waals surface area contributed by atoms with Crippen molar-refractivity contribution in [1.82, 2.24) is 25.2 Å². The van der Waals surface area contributed by atoms with Crippen molar-refractivity contribution in [3.8, 4) is 5.75 Å². The molecule has 3 heterocycles. The number of carbonyl (C=O) groups is 4. The Kier molecular flexibility index (Phi) is 9.99. The summed E-state index contributed by atoms with van der Waals surface area (Å²) in [5.74, 6) is -1.98. The molecule has 4 aliphatic rings. The van der Waals surface area contributed by atoms with Gasteiger partial charge in [0.2, 0.25) is 21.8 Å². The van der Waals surface area contributed by atoms with Crippen molar-refractivity contribution in [2.75, 3.05) is 13.2 Å². The van der Waals surface area contributed by atoms with Crippen molar-refractivity contribution in [3.63, 3.8) is 0 Å². The van der Waals surface area contributed by atoms with Crippen LogP contribution in [-0.4, -0.2) is 84.2 Å². The summed E-state index contributed by atoms with van der Waals surface area (Å²) >= 11 is 0. The molecule has 1 aromatic rings. The molecule has 3 N–H and O–H groups in total. The number of fused-ring (bicyclic) bond motifs is 3. The smallest absolute Gasteiger partial charge is 0.407 e. The van der Waals surface area contributed by atoms with Gasteiger partial charge in [-0.1, -0.05) is 32.9 Å². The Morgan fingerprint density at radius 2 is 1.96 bits per heavy atom. The third-order valence-electron chi connectivity index (χ3n) is 9.09. The standard InChI is InChI=1S/C33H45N5O8S/c1-5-21-19-33(21,30(41)37-47(43,44)23-14-15-23)36-28(39)25-18-22-20-38(25)29(40)27(32(2,3)4)35-31(42)45-17-10-8-6-7-9-12-24-26(46-22)13-11-16-34-24/h5,9,11-13,16,21-23,25,27H,1,6-8,10,14-15,17-20H2,2-4H3,(H,35,42)(H,36,39)(H,37,41)/b12-9+/t21-,22-,25+,27-,33-/m1/s1. The number of ether oxygens (including phenoxy) is 2. The Bertz CT molecular complexity index is 1540. The van der Waals surface area contributed by atoms with E-state index in [9.17, 15) is 27.6 Å². The van der Waals surface area contributed by atoms with Crippen LogP contribution in [0.4, 0.5) is 4.79 Å². The molecule has 0 spiro atoms. The highest BCUT2D eigenvalue weighted by atomic mass is 32.2. The van der Waals surface area contributed by atoms with Gasteiger partial charge in [-0.25, -0.2) is 13.2 Å². The van der Waals surface area contributed by atoms with Crippen LogP contribution in [0.15, 0.2) is 37.1 Å². The zero-order chi connectivity index (χ0) is 34.0. The summed E-state index contributed by atoms with van der Waals surface area (Å²) in [7, 11) is -3.87. The minimum absolute atomic E-state index is 0.0123. The first-order chi connectivity index (χ1) is 22.2. The predicted molar refractivity (Wildman–Crippen MR) is 173 cm³/mol.